The molecule has 3 aromatic heterocycles. The number of fused-ring (bicyclic) bond motifs is 5. The average molecular weight is 219 g/mol. The molecular weight excluding hydrogens is 210 g/mol. The fourth-order valence-corrected chi connectivity index (χ4v) is 2.33. The number of rotatable bonds is 0. The van der Waals surface area contributed by atoms with Crippen LogP contribution in [0.1, 0.15) is 0 Å². The first kappa shape index (κ1) is 8.70. The fraction of sp³-hybridized carbons (Fsp3) is 0. The lowest BCUT2D eigenvalue weighted by Gasteiger charge is -1.98. The summed E-state index contributed by atoms with van der Waals surface area (Å²) in [6.07, 6.45) is 3.76. The summed E-state index contributed by atoms with van der Waals surface area (Å²) in [4.78, 5) is 12.3. The largest absolute Gasteiger partial charge is 0.359 e. The number of nitrogens with one attached hydrogen (secondary N) is 1. The van der Waals surface area contributed by atoms with Crippen molar-refractivity contribution in [2.45, 2.75) is 0 Å². The van der Waals surface area contributed by atoms with Gasteiger partial charge < -0.3 is 4.98 Å². The quantitative estimate of drug-likeness (QED) is 0.493. The third-order valence-corrected chi connectivity index (χ3v) is 3.08. The zero-order chi connectivity index (χ0) is 11.2. The zero-order valence-corrected chi connectivity index (χ0v) is 9.01. The molecular formula is C14H9N3. The molecule has 0 aliphatic carbocycles. The fourth-order valence-electron chi connectivity index (χ4n) is 2.33. The summed E-state index contributed by atoms with van der Waals surface area (Å²) < 4.78 is 0. The van der Waals surface area contributed by atoms with Crippen molar-refractivity contribution in [2.24, 2.45) is 0 Å². The Hall–Kier alpha value is -2.42. The molecule has 0 bridgehead atoms. The van der Waals surface area contributed by atoms with Crippen molar-refractivity contribution in [1.29, 1.82) is 0 Å². The highest BCUT2D eigenvalue weighted by molar-refractivity contribution is 6.17. The van der Waals surface area contributed by atoms with Crippen molar-refractivity contribution in [2.75, 3.05) is 0 Å². The van der Waals surface area contributed by atoms with Crippen LogP contribution in [-0.4, -0.2) is 15.0 Å². The topological polar surface area (TPSA) is 41.6 Å². The first-order valence-electron chi connectivity index (χ1n) is 5.54. The van der Waals surface area contributed by atoms with E-state index in [2.05, 4.69) is 21.0 Å². The lowest BCUT2D eigenvalue weighted by Crippen LogP contribution is -1.82. The highest BCUT2D eigenvalue weighted by Crippen LogP contribution is 2.29. The molecule has 4 aromatic rings. The molecule has 0 aliphatic rings. The molecule has 0 radical (unpaired) electrons. The monoisotopic (exact) mass is 219 g/mol. The zero-order valence-electron chi connectivity index (χ0n) is 9.01. The van der Waals surface area contributed by atoms with Gasteiger partial charge in [-0.05, 0) is 18.2 Å². The number of para-hydroxylation sites is 1. The third kappa shape index (κ3) is 1.11. The van der Waals surface area contributed by atoms with Crippen LogP contribution in [-0.2, 0) is 0 Å². The molecule has 4 rings (SSSR count). The van der Waals surface area contributed by atoms with Gasteiger partial charge >= 0.3 is 0 Å². The van der Waals surface area contributed by atoms with Gasteiger partial charge in [0.05, 0.1) is 28.3 Å². The molecule has 1 N–H and O–H groups in total. The van der Waals surface area contributed by atoms with Crippen LogP contribution in [0, 0.1) is 0 Å². The molecule has 80 valence electrons. The van der Waals surface area contributed by atoms with Crippen molar-refractivity contribution in [3.63, 3.8) is 0 Å². The summed E-state index contributed by atoms with van der Waals surface area (Å²) in [5.41, 5.74) is 3.99. The van der Waals surface area contributed by atoms with E-state index in [4.69, 9.17) is 0 Å². The first-order chi connectivity index (χ1) is 8.43. The van der Waals surface area contributed by atoms with Crippen LogP contribution >= 0.6 is 0 Å². The standard InChI is InChI=1S/C14H9N3/c1-2-5-10-9(4-1)13-12(17-10)8-16-11-6-3-7-15-14(11)13/h1-8,15H. The Morgan fingerprint density at radius 1 is 0.882 bits per heavy atom. The highest BCUT2D eigenvalue weighted by atomic mass is 14.8. The number of pyridine rings is 2. The minimum Gasteiger partial charge on any atom is -0.359 e. The molecule has 3 nitrogen and oxygen atoms in total. The van der Waals surface area contributed by atoms with Crippen molar-refractivity contribution in [1.82, 2.24) is 15.0 Å². The van der Waals surface area contributed by atoms with Gasteiger partial charge in [0, 0.05) is 17.0 Å². The van der Waals surface area contributed by atoms with Gasteiger partial charge in [0.15, 0.2) is 0 Å². The van der Waals surface area contributed by atoms with E-state index in [1.807, 2.05) is 42.7 Å². The minimum absolute atomic E-state index is 0.946. The van der Waals surface area contributed by atoms with Crippen LogP contribution in [0.5, 0.6) is 0 Å². The highest BCUT2D eigenvalue weighted by Gasteiger charge is 2.09. The van der Waals surface area contributed by atoms with Gasteiger partial charge in [-0.15, -0.1) is 0 Å². The SMILES string of the molecule is c1ccc2c(c1)nc1cnc3ccc[nH]c3c12. The maximum Gasteiger partial charge on any atom is 0.0920 e. The van der Waals surface area contributed by atoms with Gasteiger partial charge in [0.25, 0.3) is 0 Å². The second-order valence-electron chi connectivity index (χ2n) is 4.08. The summed E-state index contributed by atoms with van der Waals surface area (Å²) >= 11 is 0. The molecule has 0 atom stereocenters. The summed E-state index contributed by atoms with van der Waals surface area (Å²) in [6, 6.07) is 12.1. The smallest absolute Gasteiger partial charge is 0.0920 e. The maximum absolute atomic E-state index is 4.58. The van der Waals surface area contributed by atoms with E-state index in [0.29, 0.717) is 0 Å². The Bertz CT molecular complexity index is 840. The average Bonchev–Trinajstić information content (AvgIpc) is 2.77. The van der Waals surface area contributed by atoms with E-state index in [-0.39, 0.29) is 0 Å². The predicted octanol–water partition coefficient (Wildman–Crippen LogP) is 3.26. The Kier molecular flexibility index (Phi) is 1.56. The number of hydrogen-bond acceptors (Lipinski definition) is 2. The van der Waals surface area contributed by atoms with Crippen molar-refractivity contribution in [3.8, 4) is 0 Å². The number of benzene rings is 1. The van der Waals surface area contributed by atoms with Gasteiger partial charge in [-0.25, -0.2) is 4.98 Å². The van der Waals surface area contributed by atoms with E-state index in [1.54, 1.807) is 0 Å². The van der Waals surface area contributed by atoms with Crippen LogP contribution in [0.2, 0.25) is 0 Å². The van der Waals surface area contributed by atoms with Gasteiger partial charge in [-0.2, -0.15) is 0 Å². The van der Waals surface area contributed by atoms with Crippen LogP contribution in [0.25, 0.3) is 32.8 Å². The summed E-state index contributed by atoms with van der Waals surface area (Å²) in [5, 5.41) is 2.34. The summed E-state index contributed by atoms with van der Waals surface area (Å²) in [5.74, 6) is 0. The number of nitrogens with zero attached hydrogens (tertiary/aromatic N) is 2. The third-order valence-electron chi connectivity index (χ3n) is 3.08. The van der Waals surface area contributed by atoms with Crippen LogP contribution in [0.15, 0.2) is 48.8 Å². The Balaban J connectivity index is 2.38. The van der Waals surface area contributed by atoms with Gasteiger partial charge in [-0.3, -0.25) is 4.98 Å². The van der Waals surface area contributed by atoms with Gasteiger partial charge in [-0.1, -0.05) is 18.2 Å². The molecule has 3 heteroatoms. The number of aromatic nitrogens is 3. The van der Waals surface area contributed by atoms with Crippen LogP contribution < -0.4 is 0 Å². The lowest BCUT2D eigenvalue weighted by molar-refractivity contribution is 1.35. The van der Waals surface area contributed by atoms with E-state index in [9.17, 15) is 0 Å². The normalized spacial score (nSPS) is 11.5. The Labute approximate surface area is 97.1 Å². The second kappa shape index (κ2) is 3.04. The van der Waals surface area contributed by atoms with Crippen LogP contribution in [0.4, 0.5) is 0 Å². The molecule has 0 spiro atoms. The summed E-state index contributed by atoms with van der Waals surface area (Å²) in [6.45, 7) is 0. The molecule has 0 aliphatic heterocycles. The molecule has 0 unspecified atom stereocenters. The van der Waals surface area contributed by atoms with Crippen LogP contribution in [0.3, 0.4) is 0 Å². The lowest BCUT2D eigenvalue weighted by atomic mass is 10.1. The number of aromatic amines is 1. The molecule has 0 saturated carbocycles. The maximum atomic E-state index is 4.58. The van der Waals surface area contributed by atoms with Crippen molar-refractivity contribution in [3.05, 3.63) is 48.8 Å². The van der Waals surface area contributed by atoms with E-state index in [1.165, 1.54) is 5.39 Å². The number of H-pyrrole nitrogens is 1. The molecule has 17 heavy (non-hydrogen) atoms. The second-order valence-corrected chi connectivity index (χ2v) is 4.08. The molecule has 1 aromatic carbocycles. The number of hydrogen-bond donors (Lipinski definition) is 1. The molecule has 0 fully saturated rings. The first-order valence-corrected chi connectivity index (χ1v) is 5.54. The molecule has 3 heterocycles. The predicted molar refractivity (Wildman–Crippen MR) is 68.9 cm³/mol. The Morgan fingerprint density at radius 2 is 1.76 bits per heavy atom. The van der Waals surface area contributed by atoms with E-state index >= 15 is 0 Å². The van der Waals surface area contributed by atoms with E-state index in [0.717, 1.165) is 27.5 Å². The molecule has 0 saturated heterocycles. The van der Waals surface area contributed by atoms with E-state index < -0.39 is 0 Å². The Morgan fingerprint density at radius 3 is 2.76 bits per heavy atom. The van der Waals surface area contributed by atoms with Crippen molar-refractivity contribution >= 4 is 32.8 Å². The van der Waals surface area contributed by atoms with Crippen molar-refractivity contribution < 1.29 is 0 Å². The van der Waals surface area contributed by atoms with Gasteiger partial charge in [0.2, 0.25) is 0 Å². The van der Waals surface area contributed by atoms with Gasteiger partial charge in [0.1, 0.15) is 0 Å². The minimum atomic E-state index is 0.946. The summed E-state index contributed by atoms with van der Waals surface area (Å²) in [7, 11) is 0. The molecule has 0 amide bonds.